The molecule has 0 radical (unpaired) electrons. The minimum atomic E-state index is -1.01. The van der Waals surface area contributed by atoms with Crippen LogP contribution in [0.3, 0.4) is 0 Å². The fourth-order valence-electron chi connectivity index (χ4n) is 7.63. The number of aromatic amines is 1. The van der Waals surface area contributed by atoms with Gasteiger partial charge in [-0.1, -0.05) is 79.8 Å². The molecule has 2 aliphatic rings. The van der Waals surface area contributed by atoms with Crippen molar-refractivity contribution in [3.8, 4) is 21.7 Å². The average Bonchev–Trinajstić information content (AvgIpc) is 4.07. The molecule has 2 aromatic carbocycles. The van der Waals surface area contributed by atoms with Crippen molar-refractivity contribution in [1.82, 2.24) is 39.8 Å². The second kappa shape index (κ2) is 17.7. The van der Waals surface area contributed by atoms with E-state index in [9.17, 15) is 24.0 Å². The second-order valence-electron chi connectivity index (χ2n) is 15.3. The van der Waals surface area contributed by atoms with Crippen LogP contribution in [0.2, 0.25) is 0 Å². The highest BCUT2D eigenvalue weighted by Gasteiger charge is 2.40. The zero-order valence-corrected chi connectivity index (χ0v) is 34.5. The summed E-state index contributed by atoms with van der Waals surface area (Å²) >= 11 is 1.47. The van der Waals surface area contributed by atoms with Crippen LogP contribution >= 0.6 is 11.3 Å². The van der Waals surface area contributed by atoms with Crippen LogP contribution in [-0.4, -0.2) is 97.4 Å². The third kappa shape index (κ3) is 9.09. The molecule has 0 spiro atoms. The Bertz CT molecular complexity index is 2270. The van der Waals surface area contributed by atoms with E-state index in [-0.39, 0.29) is 35.8 Å². The molecular weight excluding hydrogens is 775 g/mol. The first-order chi connectivity index (χ1) is 28.4. The topological polar surface area (TPSA) is 192 Å². The molecule has 0 aliphatic carbocycles. The van der Waals surface area contributed by atoms with Gasteiger partial charge in [-0.25, -0.2) is 19.6 Å². The van der Waals surface area contributed by atoms with Crippen molar-refractivity contribution in [2.75, 3.05) is 25.5 Å². The van der Waals surface area contributed by atoms with E-state index in [1.165, 1.54) is 23.3 Å². The normalized spacial score (nSPS) is 17.6. The monoisotopic (exact) mass is 823 g/mol. The molecular formula is C42H49N9O7S. The third-order valence-electron chi connectivity index (χ3n) is 10.5. The van der Waals surface area contributed by atoms with Crippen molar-refractivity contribution < 1.29 is 33.4 Å². The number of carbonyl (C=O) groups is 5. The molecule has 3 aromatic heterocycles. The number of likely N-dealkylation sites (tertiary alicyclic amines) is 2. The standard InChI is InChI=1S/C42H49N9O7S/c1-24(2)34(47-41(55)57-5)38(53)50-19-9-13-30(50)36-43-21-29(44-36)26-15-17-27(18-16-26)32-22-49-23-33(46-40(49)59-32)45-37(52)31-14-10-20-51(31)39(54)35(28-11-7-6-8-12-28)48-42(56)58-25(3)4/h6-8,11-12,15-18,21-25,30-31,34-35H,9-10,13-14,19-20H2,1-5H3,(H,43,44)(H,45,52)(H,47,55)(H,48,56). The number of fused-ring (bicyclic) bond motifs is 1. The van der Waals surface area contributed by atoms with Crippen LogP contribution in [0.15, 0.2) is 73.2 Å². The average molecular weight is 824 g/mol. The maximum Gasteiger partial charge on any atom is 0.408 e. The Balaban J connectivity index is 0.991. The minimum absolute atomic E-state index is 0.121. The highest BCUT2D eigenvalue weighted by Crippen LogP contribution is 2.35. The molecule has 7 rings (SSSR count). The number of anilines is 1. The Labute approximate surface area is 345 Å². The fourth-order valence-corrected chi connectivity index (χ4v) is 8.60. The molecule has 2 fully saturated rings. The number of hydrogen-bond acceptors (Lipinski definition) is 10. The van der Waals surface area contributed by atoms with E-state index in [1.807, 2.05) is 54.8 Å². The summed E-state index contributed by atoms with van der Waals surface area (Å²) in [5, 5.41) is 8.28. The van der Waals surface area contributed by atoms with Crippen LogP contribution in [0, 0.1) is 5.92 Å². The Morgan fingerprint density at radius 1 is 0.847 bits per heavy atom. The number of ether oxygens (including phenoxy) is 2. The van der Waals surface area contributed by atoms with Gasteiger partial charge in [-0.05, 0) is 62.1 Å². The first kappa shape index (κ1) is 40.9. The molecule has 5 aromatic rings. The summed E-state index contributed by atoms with van der Waals surface area (Å²) in [6.07, 6.45) is 6.47. The molecule has 4 unspecified atom stereocenters. The van der Waals surface area contributed by atoms with Gasteiger partial charge in [0.25, 0.3) is 5.91 Å². The number of carbonyl (C=O) groups excluding carboxylic acids is 5. The molecule has 2 saturated heterocycles. The number of hydrogen-bond donors (Lipinski definition) is 4. The van der Waals surface area contributed by atoms with Gasteiger partial charge >= 0.3 is 12.2 Å². The highest BCUT2D eigenvalue weighted by atomic mass is 32.1. The van der Waals surface area contributed by atoms with Gasteiger partial charge in [0.15, 0.2) is 10.8 Å². The van der Waals surface area contributed by atoms with Crippen LogP contribution < -0.4 is 16.0 Å². The van der Waals surface area contributed by atoms with Crippen molar-refractivity contribution in [3.63, 3.8) is 0 Å². The predicted octanol–water partition coefficient (Wildman–Crippen LogP) is 6.30. The number of nitrogens with zero attached hydrogens (tertiary/aromatic N) is 5. The molecule has 17 heteroatoms. The third-order valence-corrected chi connectivity index (χ3v) is 11.6. The van der Waals surface area contributed by atoms with E-state index in [2.05, 4.69) is 30.9 Å². The van der Waals surface area contributed by atoms with Gasteiger partial charge in [-0.3, -0.25) is 18.8 Å². The van der Waals surface area contributed by atoms with Crippen molar-refractivity contribution >= 4 is 52.0 Å². The number of benzene rings is 2. The van der Waals surface area contributed by atoms with Crippen LogP contribution in [0.1, 0.15) is 76.8 Å². The summed E-state index contributed by atoms with van der Waals surface area (Å²) in [6, 6.07) is 14.3. The number of thiazole rings is 1. The molecule has 0 bridgehead atoms. The number of imidazole rings is 2. The zero-order valence-electron chi connectivity index (χ0n) is 33.6. The largest absolute Gasteiger partial charge is 0.453 e. The van der Waals surface area contributed by atoms with E-state index in [0.29, 0.717) is 48.1 Å². The number of aromatic nitrogens is 4. The molecule has 4 N–H and O–H groups in total. The number of rotatable bonds is 12. The van der Waals surface area contributed by atoms with E-state index in [0.717, 1.165) is 34.5 Å². The lowest BCUT2D eigenvalue weighted by molar-refractivity contribution is -0.138. The van der Waals surface area contributed by atoms with Crippen LogP contribution in [0.5, 0.6) is 0 Å². The van der Waals surface area contributed by atoms with Gasteiger partial charge in [-0.2, -0.15) is 0 Å². The summed E-state index contributed by atoms with van der Waals surface area (Å²) in [4.78, 5) is 83.3. The van der Waals surface area contributed by atoms with Gasteiger partial charge in [0.2, 0.25) is 11.8 Å². The van der Waals surface area contributed by atoms with Crippen molar-refractivity contribution in [1.29, 1.82) is 0 Å². The summed E-state index contributed by atoms with van der Waals surface area (Å²) in [6.45, 7) is 8.18. The lowest BCUT2D eigenvalue weighted by Gasteiger charge is -2.30. The molecule has 16 nitrogen and oxygen atoms in total. The van der Waals surface area contributed by atoms with Crippen molar-refractivity contribution in [2.24, 2.45) is 5.92 Å². The number of H-pyrrole nitrogens is 1. The maximum atomic E-state index is 13.9. The van der Waals surface area contributed by atoms with Gasteiger partial charge in [0.1, 0.15) is 23.9 Å². The van der Waals surface area contributed by atoms with E-state index in [4.69, 9.17) is 9.47 Å². The van der Waals surface area contributed by atoms with E-state index < -0.39 is 30.3 Å². The molecule has 2 aliphatic heterocycles. The van der Waals surface area contributed by atoms with Gasteiger partial charge in [0.05, 0.1) is 42.2 Å². The number of alkyl carbamates (subject to hydrolysis) is 2. The Hall–Kier alpha value is -6.23. The van der Waals surface area contributed by atoms with Gasteiger partial charge < -0.3 is 40.2 Å². The van der Waals surface area contributed by atoms with Gasteiger partial charge in [0, 0.05) is 19.3 Å². The van der Waals surface area contributed by atoms with Crippen LogP contribution in [-0.2, 0) is 23.9 Å². The smallest absolute Gasteiger partial charge is 0.408 e. The highest BCUT2D eigenvalue weighted by molar-refractivity contribution is 7.20. The Morgan fingerprint density at radius 3 is 2.25 bits per heavy atom. The minimum Gasteiger partial charge on any atom is -0.453 e. The Kier molecular flexibility index (Phi) is 12.3. The fraction of sp³-hybridized carbons (Fsp3) is 0.405. The quantitative estimate of drug-likeness (QED) is 0.112. The summed E-state index contributed by atoms with van der Waals surface area (Å²) in [5.74, 6) is 0.0538. The lowest BCUT2D eigenvalue weighted by atomic mass is 10.0. The van der Waals surface area contributed by atoms with Crippen molar-refractivity contribution in [3.05, 3.63) is 84.6 Å². The summed E-state index contributed by atoms with van der Waals surface area (Å²) < 4.78 is 11.9. The zero-order chi connectivity index (χ0) is 41.8. The molecule has 4 atom stereocenters. The SMILES string of the molecule is COC(=O)NC(C(=O)N1CCCC1c1ncc(-c2ccc(-c3cn4cc(NC(=O)C5CCCN5C(=O)C(NC(=O)OC(C)C)c5ccccc5)nc4s3)cc2)[nH]1)C(C)C. The first-order valence-electron chi connectivity index (χ1n) is 19.8. The predicted molar refractivity (Wildman–Crippen MR) is 221 cm³/mol. The number of amides is 5. The molecule has 310 valence electrons. The number of nitrogens with one attached hydrogen (secondary N) is 4. The lowest BCUT2D eigenvalue weighted by Crippen LogP contribution is -2.51. The maximum absolute atomic E-state index is 13.9. The number of methoxy groups -OCH3 is 1. The molecule has 5 heterocycles. The van der Waals surface area contributed by atoms with Crippen LogP contribution in [0.25, 0.3) is 26.7 Å². The van der Waals surface area contributed by atoms with E-state index in [1.54, 1.807) is 55.4 Å². The van der Waals surface area contributed by atoms with Crippen LogP contribution in [0.4, 0.5) is 15.4 Å². The molecule has 5 amide bonds. The summed E-state index contributed by atoms with van der Waals surface area (Å²) in [7, 11) is 1.28. The van der Waals surface area contributed by atoms with Gasteiger partial charge in [-0.15, -0.1) is 0 Å². The summed E-state index contributed by atoms with van der Waals surface area (Å²) in [5.41, 5.74) is 3.33. The Morgan fingerprint density at radius 2 is 1.56 bits per heavy atom. The molecule has 0 saturated carbocycles. The first-order valence-corrected chi connectivity index (χ1v) is 20.6. The van der Waals surface area contributed by atoms with E-state index >= 15 is 0 Å². The second-order valence-corrected chi connectivity index (χ2v) is 16.3. The van der Waals surface area contributed by atoms with Crippen molar-refractivity contribution in [2.45, 2.75) is 83.6 Å². The molecule has 59 heavy (non-hydrogen) atoms.